The van der Waals surface area contributed by atoms with Gasteiger partial charge >= 0.3 is 6.16 Å². The van der Waals surface area contributed by atoms with E-state index in [0.29, 0.717) is 5.39 Å². The number of rotatable bonds is 2. The van der Waals surface area contributed by atoms with Gasteiger partial charge in [0.25, 0.3) is 0 Å². The van der Waals surface area contributed by atoms with Crippen LogP contribution in [0, 0.1) is 0 Å². The van der Waals surface area contributed by atoms with Gasteiger partial charge in [0.15, 0.2) is 5.75 Å². The van der Waals surface area contributed by atoms with Crippen molar-refractivity contribution in [3.8, 4) is 5.75 Å². The standard InChI is InChI=1S/C12H11NO4/c1-2-7-4-3-5-8-10(7)13-6-9(11(8)14)17-12(15)16/h3-6H,2H2,1H3,(H,13,14)(H,15,16). The minimum atomic E-state index is -1.50. The lowest BCUT2D eigenvalue weighted by molar-refractivity contribution is 0.144. The molecule has 0 bridgehead atoms. The molecule has 0 amide bonds. The highest BCUT2D eigenvalue weighted by Gasteiger charge is 2.10. The highest BCUT2D eigenvalue weighted by atomic mass is 16.7. The van der Waals surface area contributed by atoms with Crippen molar-refractivity contribution in [3.05, 3.63) is 40.2 Å². The van der Waals surface area contributed by atoms with Crippen molar-refractivity contribution in [1.29, 1.82) is 0 Å². The third-order valence-corrected chi connectivity index (χ3v) is 2.54. The van der Waals surface area contributed by atoms with E-state index < -0.39 is 11.6 Å². The van der Waals surface area contributed by atoms with Crippen LogP contribution in [0.2, 0.25) is 0 Å². The predicted molar refractivity (Wildman–Crippen MR) is 62.6 cm³/mol. The number of hydrogen-bond donors (Lipinski definition) is 2. The Morgan fingerprint density at radius 1 is 1.47 bits per heavy atom. The molecule has 0 saturated heterocycles. The SMILES string of the molecule is CCc1cccc2c(=O)c(OC(=O)O)c[nH]c12. The van der Waals surface area contributed by atoms with Gasteiger partial charge in [-0.25, -0.2) is 4.79 Å². The van der Waals surface area contributed by atoms with Crippen molar-refractivity contribution >= 4 is 17.1 Å². The predicted octanol–water partition coefficient (Wildman–Crippen LogP) is 2.15. The maximum Gasteiger partial charge on any atom is 0.511 e. The fourth-order valence-electron chi connectivity index (χ4n) is 1.76. The van der Waals surface area contributed by atoms with E-state index >= 15 is 0 Å². The van der Waals surface area contributed by atoms with Crippen LogP contribution in [0.25, 0.3) is 10.9 Å². The zero-order valence-corrected chi connectivity index (χ0v) is 9.19. The molecule has 0 aliphatic carbocycles. The second-order valence-electron chi connectivity index (χ2n) is 3.54. The normalized spacial score (nSPS) is 10.4. The summed E-state index contributed by atoms with van der Waals surface area (Å²) in [5.41, 5.74) is 1.30. The molecule has 2 N–H and O–H groups in total. The Kier molecular flexibility index (Phi) is 2.82. The molecule has 5 heteroatoms. The molecule has 17 heavy (non-hydrogen) atoms. The van der Waals surface area contributed by atoms with E-state index in [1.54, 1.807) is 12.1 Å². The molecule has 0 radical (unpaired) electrons. The molecular weight excluding hydrogens is 222 g/mol. The van der Waals surface area contributed by atoms with Crippen molar-refractivity contribution in [1.82, 2.24) is 4.98 Å². The molecule has 0 atom stereocenters. The van der Waals surface area contributed by atoms with Gasteiger partial charge in [-0.05, 0) is 18.1 Å². The zero-order valence-electron chi connectivity index (χ0n) is 9.19. The third-order valence-electron chi connectivity index (χ3n) is 2.54. The number of ether oxygens (including phenoxy) is 1. The molecule has 1 heterocycles. The van der Waals surface area contributed by atoms with Crippen LogP contribution in [0.15, 0.2) is 29.2 Å². The minimum Gasteiger partial charge on any atom is -0.449 e. The van der Waals surface area contributed by atoms with E-state index in [2.05, 4.69) is 9.72 Å². The fraction of sp³-hybridized carbons (Fsp3) is 0.167. The van der Waals surface area contributed by atoms with Gasteiger partial charge in [0.2, 0.25) is 5.43 Å². The number of hydrogen-bond acceptors (Lipinski definition) is 3. The second kappa shape index (κ2) is 4.29. The van der Waals surface area contributed by atoms with E-state index in [-0.39, 0.29) is 5.75 Å². The first-order valence-corrected chi connectivity index (χ1v) is 5.17. The number of aromatic amines is 1. The summed E-state index contributed by atoms with van der Waals surface area (Å²) in [7, 11) is 0. The Morgan fingerprint density at radius 2 is 2.24 bits per heavy atom. The average Bonchev–Trinajstić information content (AvgIpc) is 2.31. The van der Waals surface area contributed by atoms with E-state index in [4.69, 9.17) is 5.11 Å². The quantitative estimate of drug-likeness (QED) is 0.779. The van der Waals surface area contributed by atoms with E-state index in [9.17, 15) is 9.59 Å². The molecule has 0 saturated carbocycles. The Hall–Kier alpha value is -2.30. The van der Waals surface area contributed by atoms with Crippen molar-refractivity contribution in [2.45, 2.75) is 13.3 Å². The van der Waals surface area contributed by atoms with Gasteiger partial charge in [0.05, 0.1) is 5.52 Å². The molecule has 1 aromatic heterocycles. The minimum absolute atomic E-state index is 0.210. The number of carbonyl (C=O) groups is 1. The smallest absolute Gasteiger partial charge is 0.449 e. The van der Waals surface area contributed by atoms with Crippen molar-refractivity contribution in [3.63, 3.8) is 0 Å². The number of pyridine rings is 1. The number of benzene rings is 1. The number of aromatic nitrogens is 1. The van der Waals surface area contributed by atoms with Gasteiger partial charge in [0.1, 0.15) is 0 Å². The number of fused-ring (bicyclic) bond motifs is 1. The van der Waals surface area contributed by atoms with E-state index in [1.165, 1.54) is 6.20 Å². The van der Waals surface area contributed by atoms with Crippen LogP contribution in [-0.4, -0.2) is 16.2 Å². The second-order valence-corrected chi connectivity index (χ2v) is 3.54. The van der Waals surface area contributed by atoms with Gasteiger partial charge in [-0.15, -0.1) is 0 Å². The van der Waals surface area contributed by atoms with Gasteiger partial charge in [-0.3, -0.25) is 4.79 Å². The van der Waals surface area contributed by atoms with Gasteiger partial charge in [-0.2, -0.15) is 0 Å². The van der Waals surface area contributed by atoms with Crippen LogP contribution in [0.3, 0.4) is 0 Å². The van der Waals surface area contributed by atoms with Crippen LogP contribution in [0.4, 0.5) is 4.79 Å². The lowest BCUT2D eigenvalue weighted by Gasteiger charge is -2.05. The maximum atomic E-state index is 11.9. The third kappa shape index (κ3) is 1.99. The molecule has 0 spiro atoms. The first-order valence-electron chi connectivity index (χ1n) is 5.17. The molecule has 0 fully saturated rings. The summed E-state index contributed by atoms with van der Waals surface area (Å²) in [6.07, 6.45) is 0.561. The topological polar surface area (TPSA) is 79.4 Å². The molecule has 1 aromatic carbocycles. The average molecular weight is 233 g/mol. The van der Waals surface area contributed by atoms with Crippen molar-refractivity contribution < 1.29 is 14.6 Å². The van der Waals surface area contributed by atoms with E-state index in [0.717, 1.165) is 17.5 Å². The van der Waals surface area contributed by atoms with Crippen LogP contribution < -0.4 is 10.2 Å². The first-order chi connectivity index (χ1) is 8.13. The summed E-state index contributed by atoms with van der Waals surface area (Å²) in [4.78, 5) is 25.2. The van der Waals surface area contributed by atoms with Crippen LogP contribution >= 0.6 is 0 Å². The largest absolute Gasteiger partial charge is 0.511 e. The Balaban J connectivity index is 2.68. The van der Waals surface area contributed by atoms with Crippen molar-refractivity contribution in [2.24, 2.45) is 0 Å². The summed E-state index contributed by atoms with van der Waals surface area (Å²) in [5.74, 6) is -0.210. The molecule has 2 aromatic rings. The monoisotopic (exact) mass is 233 g/mol. The molecule has 5 nitrogen and oxygen atoms in total. The number of para-hydroxylation sites is 1. The Bertz CT molecular complexity index is 630. The maximum absolute atomic E-state index is 11.9. The van der Waals surface area contributed by atoms with Gasteiger partial charge in [0, 0.05) is 11.6 Å². The number of aryl methyl sites for hydroxylation is 1. The molecule has 0 aliphatic heterocycles. The van der Waals surface area contributed by atoms with Gasteiger partial charge < -0.3 is 14.8 Å². The summed E-state index contributed by atoms with van der Waals surface area (Å²) in [5, 5.41) is 8.92. The number of nitrogens with one attached hydrogen (secondary N) is 1. The summed E-state index contributed by atoms with van der Waals surface area (Å²) in [6, 6.07) is 5.32. The van der Waals surface area contributed by atoms with Crippen LogP contribution in [0.1, 0.15) is 12.5 Å². The summed E-state index contributed by atoms with van der Waals surface area (Å²) >= 11 is 0. The first kappa shape index (κ1) is 11.2. The lowest BCUT2D eigenvalue weighted by Crippen LogP contribution is -2.13. The van der Waals surface area contributed by atoms with Crippen LogP contribution in [-0.2, 0) is 6.42 Å². The molecule has 0 unspecified atom stereocenters. The lowest BCUT2D eigenvalue weighted by atomic mass is 10.1. The van der Waals surface area contributed by atoms with E-state index in [1.807, 2.05) is 13.0 Å². The summed E-state index contributed by atoms with van der Waals surface area (Å²) in [6.45, 7) is 1.98. The Morgan fingerprint density at radius 3 is 2.88 bits per heavy atom. The highest BCUT2D eigenvalue weighted by molar-refractivity contribution is 5.83. The van der Waals surface area contributed by atoms with Gasteiger partial charge in [-0.1, -0.05) is 19.1 Å². The zero-order chi connectivity index (χ0) is 12.4. The van der Waals surface area contributed by atoms with Crippen molar-refractivity contribution in [2.75, 3.05) is 0 Å². The summed E-state index contributed by atoms with van der Waals surface area (Å²) < 4.78 is 4.40. The molecule has 88 valence electrons. The molecule has 0 aliphatic rings. The van der Waals surface area contributed by atoms with Crippen LogP contribution in [0.5, 0.6) is 5.75 Å². The fourth-order valence-corrected chi connectivity index (χ4v) is 1.76. The number of carboxylic acid groups (broad SMARTS) is 1. The number of H-pyrrole nitrogens is 1. The Labute approximate surface area is 96.7 Å². The highest BCUT2D eigenvalue weighted by Crippen LogP contribution is 2.16. The molecular formula is C12H11NO4. The molecule has 2 rings (SSSR count).